The fourth-order valence-corrected chi connectivity index (χ4v) is 1.27. The van der Waals surface area contributed by atoms with E-state index in [9.17, 15) is 14.4 Å². The molecule has 0 bridgehead atoms. The van der Waals surface area contributed by atoms with Gasteiger partial charge in [-0.3, -0.25) is 9.59 Å². The van der Waals surface area contributed by atoms with Crippen molar-refractivity contribution < 1.29 is 19.5 Å². The number of nitrogens with zero attached hydrogens (tertiary/aromatic N) is 1. The summed E-state index contributed by atoms with van der Waals surface area (Å²) < 4.78 is 0. The average Bonchev–Trinajstić information content (AvgIpc) is 2.34. The number of nitrogens with two attached hydrogens (primary N) is 1. The van der Waals surface area contributed by atoms with Crippen LogP contribution < -0.4 is 5.84 Å². The van der Waals surface area contributed by atoms with Gasteiger partial charge in [0.25, 0.3) is 11.8 Å². The summed E-state index contributed by atoms with van der Waals surface area (Å²) in [6.07, 6.45) is 1.34. The number of hydrazine groups is 1. The number of hydrogen-bond donors (Lipinski definition) is 2. The topological polar surface area (TPSA) is 101 Å². The van der Waals surface area contributed by atoms with Gasteiger partial charge in [0.2, 0.25) is 0 Å². The summed E-state index contributed by atoms with van der Waals surface area (Å²) in [5, 5.41) is 8.74. The number of imide groups is 1. The highest BCUT2D eigenvalue weighted by Gasteiger charge is 2.18. The minimum Gasteiger partial charge on any atom is -0.478 e. The van der Waals surface area contributed by atoms with Gasteiger partial charge in [0.15, 0.2) is 0 Å². The number of rotatable bonds is 3. The monoisotopic (exact) mass is 248 g/mol. The van der Waals surface area contributed by atoms with Crippen molar-refractivity contribution in [1.29, 1.82) is 0 Å². The zero-order chi connectivity index (χ0) is 13.7. The van der Waals surface area contributed by atoms with E-state index in [2.05, 4.69) is 0 Å². The highest BCUT2D eigenvalue weighted by molar-refractivity contribution is 6.08. The van der Waals surface area contributed by atoms with E-state index in [-0.39, 0.29) is 5.56 Å². The Kier molecular flexibility index (Phi) is 4.33. The lowest BCUT2D eigenvalue weighted by Crippen LogP contribution is -2.42. The van der Waals surface area contributed by atoms with E-state index in [1.165, 1.54) is 6.07 Å². The number of carboxylic acids is 1. The molecule has 0 aliphatic rings. The molecule has 0 saturated heterocycles. The van der Waals surface area contributed by atoms with E-state index < -0.39 is 17.8 Å². The molecule has 0 aromatic heterocycles. The molecule has 18 heavy (non-hydrogen) atoms. The Balaban J connectivity index is 2.88. The number of carboxylic acid groups (broad SMARTS) is 1. The van der Waals surface area contributed by atoms with E-state index in [1.54, 1.807) is 25.1 Å². The molecule has 0 spiro atoms. The van der Waals surface area contributed by atoms with Crippen LogP contribution in [-0.4, -0.2) is 27.9 Å². The molecule has 0 heterocycles. The van der Waals surface area contributed by atoms with Crippen molar-refractivity contribution in [3.8, 4) is 0 Å². The molecule has 3 N–H and O–H groups in total. The third kappa shape index (κ3) is 3.26. The number of aryl methyl sites for hydroxylation is 1. The van der Waals surface area contributed by atoms with E-state index in [1.807, 2.05) is 0 Å². The van der Waals surface area contributed by atoms with E-state index in [4.69, 9.17) is 10.9 Å². The first kappa shape index (κ1) is 13.6. The third-order valence-electron chi connectivity index (χ3n) is 2.20. The normalized spacial score (nSPS) is 10.3. The number of carbonyl (C=O) groups excluding carboxylic acids is 2. The number of aliphatic carboxylic acids is 1. The zero-order valence-corrected chi connectivity index (χ0v) is 9.66. The van der Waals surface area contributed by atoms with Crippen LogP contribution in [0.5, 0.6) is 0 Å². The molecule has 6 heteroatoms. The van der Waals surface area contributed by atoms with Gasteiger partial charge in [-0.2, -0.15) is 0 Å². The number of amides is 2. The number of benzene rings is 1. The number of carbonyl (C=O) groups is 3. The van der Waals surface area contributed by atoms with Crippen LogP contribution in [0.3, 0.4) is 0 Å². The lowest BCUT2D eigenvalue weighted by molar-refractivity contribution is -0.132. The van der Waals surface area contributed by atoms with Gasteiger partial charge in [-0.25, -0.2) is 15.6 Å². The highest BCUT2D eigenvalue weighted by Crippen LogP contribution is 2.09. The fraction of sp³-hybridized carbons (Fsp3) is 0.0833. The second-order valence-electron chi connectivity index (χ2n) is 3.50. The molecule has 1 aromatic carbocycles. The average molecular weight is 248 g/mol. The second kappa shape index (κ2) is 5.74. The quantitative estimate of drug-likeness (QED) is 0.350. The molecule has 2 amide bonds. The Labute approximate surface area is 103 Å². The van der Waals surface area contributed by atoms with Crippen molar-refractivity contribution in [2.24, 2.45) is 5.84 Å². The van der Waals surface area contributed by atoms with Crippen LogP contribution >= 0.6 is 0 Å². The van der Waals surface area contributed by atoms with Gasteiger partial charge in [-0.1, -0.05) is 18.2 Å². The van der Waals surface area contributed by atoms with E-state index in [0.717, 1.165) is 6.08 Å². The molecule has 0 unspecified atom stereocenters. The molecule has 0 aliphatic carbocycles. The smallest absolute Gasteiger partial charge is 0.328 e. The van der Waals surface area contributed by atoms with Crippen LogP contribution in [0.1, 0.15) is 15.9 Å². The van der Waals surface area contributed by atoms with E-state index in [0.29, 0.717) is 16.6 Å². The summed E-state index contributed by atoms with van der Waals surface area (Å²) in [6.45, 7) is 1.71. The Hall–Kier alpha value is -2.47. The van der Waals surface area contributed by atoms with Crippen LogP contribution in [-0.2, 0) is 9.59 Å². The maximum atomic E-state index is 11.9. The molecule has 94 valence electrons. The second-order valence-corrected chi connectivity index (χ2v) is 3.50. The molecule has 0 aliphatic heterocycles. The van der Waals surface area contributed by atoms with Gasteiger partial charge in [0.05, 0.1) is 0 Å². The molecule has 0 fully saturated rings. The van der Waals surface area contributed by atoms with Crippen LogP contribution in [0.4, 0.5) is 0 Å². The molecule has 1 rings (SSSR count). The van der Waals surface area contributed by atoms with Crippen LogP contribution in [0.15, 0.2) is 36.4 Å². The van der Waals surface area contributed by atoms with Gasteiger partial charge < -0.3 is 5.11 Å². The predicted molar refractivity (Wildman–Crippen MR) is 63.3 cm³/mol. The molecular weight excluding hydrogens is 236 g/mol. The third-order valence-corrected chi connectivity index (χ3v) is 2.20. The van der Waals surface area contributed by atoms with Crippen molar-refractivity contribution in [2.45, 2.75) is 6.92 Å². The van der Waals surface area contributed by atoms with Crippen molar-refractivity contribution in [2.75, 3.05) is 0 Å². The molecule has 6 nitrogen and oxygen atoms in total. The largest absolute Gasteiger partial charge is 0.478 e. The summed E-state index contributed by atoms with van der Waals surface area (Å²) in [4.78, 5) is 33.5. The van der Waals surface area contributed by atoms with E-state index >= 15 is 0 Å². The molecule has 1 aromatic rings. The molecule has 0 atom stereocenters. The summed E-state index contributed by atoms with van der Waals surface area (Å²) >= 11 is 0. The van der Waals surface area contributed by atoms with Gasteiger partial charge in [-0.15, -0.1) is 0 Å². The Bertz CT molecular complexity index is 523. The first-order chi connectivity index (χ1) is 8.43. The first-order valence-electron chi connectivity index (χ1n) is 5.03. The Morgan fingerprint density at radius 2 is 1.83 bits per heavy atom. The molecular formula is C12H12N2O4. The number of hydrogen-bond acceptors (Lipinski definition) is 4. The van der Waals surface area contributed by atoms with Crippen molar-refractivity contribution in [3.63, 3.8) is 0 Å². The van der Waals surface area contributed by atoms with Gasteiger partial charge in [0.1, 0.15) is 0 Å². The Morgan fingerprint density at radius 3 is 2.39 bits per heavy atom. The zero-order valence-electron chi connectivity index (χ0n) is 9.66. The molecule has 0 radical (unpaired) electrons. The SMILES string of the molecule is Cc1ccccc1C(=O)N(N)C(=O)/C=C\C(=O)O. The Morgan fingerprint density at radius 1 is 1.22 bits per heavy atom. The predicted octanol–water partition coefficient (Wildman–Crippen LogP) is 0.478. The minimum absolute atomic E-state index is 0.289. The minimum atomic E-state index is -1.29. The maximum absolute atomic E-state index is 11.9. The summed E-state index contributed by atoms with van der Waals surface area (Å²) in [6, 6.07) is 6.63. The fourth-order valence-electron chi connectivity index (χ4n) is 1.27. The first-order valence-corrected chi connectivity index (χ1v) is 5.03. The van der Waals surface area contributed by atoms with Gasteiger partial charge in [0, 0.05) is 17.7 Å². The van der Waals surface area contributed by atoms with Crippen LogP contribution in [0, 0.1) is 6.92 Å². The van der Waals surface area contributed by atoms with Crippen LogP contribution in [0.25, 0.3) is 0 Å². The summed E-state index contributed by atoms with van der Waals surface area (Å²) in [5.41, 5.74) is 0.963. The van der Waals surface area contributed by atoms with Gasteiger partial charge >= 0.3 is 5.97 Å². The van der Waals surface area contributed by atoms with Crippen LogP contribution in [0.2, 0.25) is 0 Å². The lowest BCUT2D eigenvalue weighted by atomic mass is 10.1. The summed E-state index contributed by atoms with van der Waals surface area (Å²) in [7, 11) is 0. The maximum Gasteiger partial charge on any atom is 0.328 e. The highest BCUT2D eigenvalue weighted by atomic mass is 16.4. The standard InChI is InChI=1S/C12H12N2O4/c1-8-4-2-3-5-9(8)12(18)14(13)10(15)6-7-11(16)17/h2-7H,13H2,1H3,(H,16,17)/b7-6-. The summed E-state index contributed by atoms with van der Waals surface area (Å²) in [5.74, 6) is 2.46. The van der Waals surface area contributed by atoms with Crippen molar-refractivity contribution in [3.05, 3.63) is 47.5 Å². The van der Waals surface area contributed by atoms with Crippen molar-refractivity contribution in [1.82, 2.24) is 5.01 Å². The molecule has 0 saturated carbocycles. The van der Waals surface area contributed by atoms with Crippen molar-refractivity contribution >= 4 is 17.8 Å². The lowest BCUT2D eigenvalue weighted by Gasteiger charge is -2.13. The van der Waals surface area contributed by atoms with Gasteiger partial charge in [-0.05, 0) is 18.6 Å².